The molecule has 0 aliphatic heterocycles. The third-order valence-electron chi connectivity index (χ3n) is 2.20. The summed E-state index contributed by atoms with van der Waals surface area (Å²) in [6, 6.07) is 2.11. The topological polar surface area (TPSA) is 47.1 Å². The van der Waals surface area contributed by atoms with Gasteiger partial charge in [-0.1, -0.05) is 0 Å². The number of thiophene rings is 1. The normalized spacial score (nSPS) is 10.5. The van der Waals surface area contributed by atoms with Crippen LogP contribution in [0.25, 0.3) is 0 Å². The molecular weight excluding hydrogens is 208 g/mol. The second kappa shape index (κ2) is 3.94. The van der Waals surface area contributed by atoms with Crippen LogP contribution in [0.5, 0.6) is 0 Å². The smallest absolute Gasteiger partial charge is 0.173 e. The summed E-state index contributed by atoms with van der Waals surface area (Å²) in [5, 5.41) is 8.52. The highest BCUT2D eigenvalue weighted by molar-refractivity contribution is 7.07. The van der Waals surface area contributed by atoms with Crippen molar-refractivity contribution in [3.8, 4) is 0 Å². The molecular formula is C10H14N4S. The van der Waals surface area contributed by atoms with Gasteiger partial charge in [-0.05, 0) is 22.4 Å². The van der Waals surface area contributed by atoms with Gasteiger partial charge >= 0.3 is 0 Å². The van der Waals surface area contributed by atoms with E-state index < -0.39 is 0 Å². The molecule has 2 N–H and O–H groups in total. The third kappa shape index (κ3) is 2.12. The molecule has 5 heteroatoms. The van der Waals surface area contributed by atoms with E-state index in [2.05, 4.69) is 26.8 Å². The summed E-state index contributed by atoms with van der Waals surface area (Å²) in [7, 11) is 3.87. The first-order valence-electron chi connectivity index (χ1n) is 4.68. The van der Waals surface area contributed by atoms with E-state index >= 15 is 0 Å². The van der Waals surface area contributed by atoms with Crippen molar-refractivity contribution in [2.45, 2.75) is 6.54 Å². The summed E-state index contributed by atoms with van der Waals surface area (Å²) in [4.78, 5) is 2.05. The fraction of sp³-hybridized carbons (Fsp3) is 0.300. The highest BCUT2D eigenvalue weighted by atomic mass is 32.1. The van der Waals surface area contributed by atoms with Gasteiger partial charge in [-0.25, -0.2) is 0 Å². The van der Waals surface area contributed by atoms with E-state index in [0.717, 1.165) is 18.1 Å². The van der Waals surface area contributed by atoms with Crippen LogP contribution in [0.1, 0.15) is 5.56 Å². The molecule has 0 saturated heterocycles. The molecule has 0 aliphatic carbocycles. The standard InChI is InChI=1S/C10H14N4S/c1-13(5-8-3-4-15-7-8)10-9(11)6-14(2)12-10/h3-4,6-7H,5,11H2,1-2H3. The fourth-order valence-electron chi connectivity index (χ4n) is 1.52. The lowest BCUT2D eigenvalue weighted by molar-refractivity contribution is 0.752. The molecule has 0 amide bonds. The van der Waals surface area contributed by atoms with E-state index in [0.29, 0.717) is 0 Å². The molecule has 80 valence electrons. The van der Waals surface area contributed by atoms with Crippen molar-refractivity contribution < 1.29 is 0 Å². The lowest BCUT2D eigenvalue weighted by Gasteiger charge is -2.15. The van der Waals surface area contributed by atoms with Crippen LogP contribution in [0.4, 0.5) is 11.5 Å². The van der Waals surface area contributed by atoms with Crippen molar-refractivity contribution >= 4 is 22.8 Å². The second-order valence-corrected chi connectivity index (χ2v) is 4.35. The van der Waals surface area contributed by atoms with Crippen molar-refractivity contribution in [2.75, 3.05) is 17.7 Å². The Hall–Kier alpha value is -1.49. The molecule has 0 saturated carbocycles. The summed E-state index contributed by atoms with van der Waals surface area (Å²) >= 11 is 1.70. The van der Waals surface area contributed by atoms with Crippen molar-refractivity contribution in [1.29, 1.82) is 0 Å². The molecule has 0 aliphatic rings. The van der Waals surface area contributed by atoms with E-state index in [-0.39, 0.29) is 0 Å². The molecule has 4 nitrogen and oxygen atoms in total. The number of rotatable bonds is 3. The Morgan fingerprint density at radius 3 is 2.93 bits per heavy atom. The maximum atomic E-state index is 5.85. The lowest BCUT2D eigenvalue weighted by Crippen LogP contribution is -2.17. The molecule has 2 aromatic heterocycles. The van der Waals surface area contributed by atoms with Crippen molar-refractivity contribution in [1.82, 2.24) is 9.78 Å². The maximum absolute atomic E-state index is 5.85. The van der Waals surface area contributed by atoms with E-state index in [1.54, 1.807) is 16.0 Å². The molecule has 0 atom stereocenters. The number of nitrogens with two attached hydrogens (primary N) is 1. The van der Waals surface area contributed by atoms with Crippen molar-refractivity contribution in [3.05, 3.63) is 28.6 Å². The number of nitrogen functional groups attached to an aromatic ring is 1. The van der Waals surface area contributed by atoms with Crippen molar-refractivity contribution in [3.63, 3.8) is 0 Å². The van der Waals surface area contributed by atoms with Crippen LogP contribution in [0.2, 0.25) is 0 Å². The minimum Gasteiger partial charge on any atom is -0.394 e. The number of hydrogen-bond donors (Lipinski definition) is 1. The Bertz CT molecular complexity index is 432. The summed E-state index contributed by atoms with van der Waals surface area (Å²) < 4.78 is 1.73. The zero-order chi connectivity index (χ0) is 10.8. The van der Waals surface area contributed by atoms with E-state index in [9.17, 15) is 0 Å². The fourth-order valence-corrected chi connectivity index (χ4v) is 2.18. The number of hydrogen-bond acceptors (Lipinski definition) is 4. The Kier molecular flexibility index (Phi) is 2.64. The predicted octanol–water partition coefficient (Wildman–Crippen LogP) is 1.70. The van der Waals surface area contributed by atoms with Gasteiger partial charge in [0.05, 0.1) is 5.69 Å². The van der Waals surface area contributed by atoms with Crippen LogP contribution in [0.15, 0.2) is 23.0 Å². The van der Waals surface area contributed by atoms with Gasteiger partial charge in [0.1, 0.15) is 0 Å². The minimum absolute atomic E-state index is 0.718. The SMILES string of the molecule is CN(Cc1ccsc1)c1nn(C)cc1N. The highest BCUT2D eigenvalue weighted by Gasteiger charge is 2.09. The van der Waals surface area contributed by atoms with Crippen LogP contribution < -0.4 is 10.6 Å². The Morgan fingerprint density at radius 2 is 2.40 bits per heavy atom. The van der Waals surface area contributed by atoms with Crippen LogP contribution in [0, 0.1) is 0 Å². The zero-order valence-electron chi connectivity index (χ0n) is 8.84. The summed E-state index contributed by atoms with van der Waals surface area (Å²) in [5.41, 5.74) is 7.85. The quantitative estimate of drug-likeness (QED) is 0.860. The van der Waals surface area contributed by atoms with E-state index in [4.69, 9.17) is 5.73 Å². The van der Waals surface area contributed by atoms with Gasteiger partial charge in [-0.3, -0.25) is 4.68 Å². The summed E-state index contributed by atoms with van der Waals surface area (Å²) in [5.74, 6) is 0.837. The monoisotopic (exact) mass is 222 g/mol. The summed E-state index contributed by atoms with van der Waals surface area (Å²) in [6.07, 6.45) is 1.82. The number of aryl methyl sites for hydroxylation is 1. The van der Waals surface area contributed by atoms with Gasteiger partial charge in [0.2, 0.25) is 0 Å². The summed E-state index contributed by atoms with van der Waals surface area (Å²) in [6.45, 7) is 0.838. The molecule has 0 aromatic carbocycles. The number of nitrogens with zero attached hydrogens (tertiary/aromatic N) is 3. The largest absolute Gasteiger partial charge is 0.394 e. The van der Waals surface area contributed by atoms with Gasteiger partial charge in [-0.15, -0.1) is 0 Å². The first-order chi connectivity index (χ1) is 7.16. The minimum atomic E-state index is 0.718. The average Bonchev–Trinajstić information content (AvgIpc) is 2.75. The Balaban J connectivity index is 2.14. The molecule has 0 spiro atoms. The van der Waals surface area contributed by atoms with Crippen LogP contribution in [-0.2, 0) is 13.6 Å². The Labute approximate surface area is 92.9 Å². The van der Waals surface area contributed by atoms with E-state index in [1.807, 2.05) is 20.3 Å². The predicted molar refractivity (Wildman–Crippen MR) is 64.0 cm³/mol. The van der Waals surface area contributed by atoms with E-state index in [1.165, 1.54) is 5.56 Å². The first-order valence-corrected chi connectivity index (χ1v) is 5.62. The number of anilines is 2. The van der Waals surface area contributed by atoms with Gasteiger partial charge in [0.25, 0.3) is 0 Å². The molecule has 0 unspecified atom stereocenters. The van der Waals surface area contributed by atoms with Crippen molar-refractivity contribution in [2.24, 2.45) is 7.05 Å². The van der Waals surface area contributed by atoms with Crippen LogP contribution in [0.3, 0.4) is 0 Å². The highest BCUT2D eigenvalue weighted by Crippen LogP contribution is 2.21. The molecule has 2 heterocycles. The molecule has 0 fully saturated rings. The van der Waals surface area contributed by atoms with Crippen LogP contribution in [-0.4, -0.2) is 16.8 Å². The number of aromatic nitrogens is 2. The first kappa shape index (κ1) is 10.0. The second-order valence-electron chi connectivity index (χ2n) is 3.57. The van der Waals surface area contributed by atoms with Gasteiger partial charge in [-0.2, -0.15) is 16.4 Å². The van der Waals surface area contributed by atoms with Crippen LogP contribution >= 0.6 is 11.3 Å². The van der Waals surface area contributed by atoms with Gasteiger partial charge in [0.15, 0.2) is 5.82 Å². The molecule has 0 bridgehead atoms. The maximum Gasteiger partial charge on any atom is 0.173 e. The zero-order valence-corrected chi connectivity index (χ0v) is 9.66. The lowest BCUT2D eigenvalue weighted by atomic mass is 10.3. The third-order valence-corrected chi connectivity index (χ3v) is 2.93. The van der Waals surface area contributed by atoms with Gasteiger partial charge < -0.3 is 10.6 Å². The molecule has 2 aromatic rings. The molecule has 2 rings (SSSR count). The van der Waals surface area contributed by atoms with Gasteiger partial charge in [0, 0.05) is 26.8 Å². The Morgan fingerprint density at radius 1 is 1.60 bits per heavy atom. The average molecular weight is 222 g/mol. The molecule has 15 heavy (non-hydrogen) atoms. The molecule has 0 radical (unpaired) electrons.